The largest absolute Gasteiger partial charge is 0.380 e. The van der Waals surface area contributed by atoms with Crippen molar-refractivity contribution in [3.8, 4) is 0 Å². The van der Waals surface area contributed by atoms with Crippen molar-refractivity contribution in [3.63, 3.8) is 0 Å². The van der Waals surface area contributed by atoms with Gasteiger partial charge in [-0.15, -0.1) is 0 Å². The normalized spacial score (nSPS) is 21.5. The summed E-state index contributed by atoms with van der Waals surface area (Å²) in [6.45, 7) is 5.60. The molecule has 0 aromatic heterocycles. The molecule has 5 heteroatoms. The molecule has 0 radical (unpaired) electrons. The minimum Gasteiger partial charge on any atom is -0.380 e. The SMILES string of the molecule is CN(CCCC(C)(NC1CC1)C(N)=O)CCOCC1CC1. The molecule has 0 spiro atoms. The van der Waals surface area contributed by atoms with Gasteiger partial charge in [0.1, 0.15) is 0 Å². The average molecular weight is 297 g/mol. The number of primary amides is 1. The van der Waals surface area contributed by atoms with Crippen LogP contribution >= 0.6 is 0 Å². The number of carbonyl (C=O) groups excluding carboxylic acids is 1. The Balaban J connectivity index is 1.55. The summed E-state index contributed by atoms with van der Waals surface area (Å²) in [5, 5.41) is 3.39. The van der Waals surface area contributed by atoms with Crippen LogP contribution in [0.15, 0.2) is 0 Å². The summed E-state index contributed by atoms with van der Waals surface area (Å²) in [5.74, 6) is 0.602. The van der Waals surface area contributed by atoms with E-state index in [9.17, 15) is 4.79 Å². The lowest BCUT2D eigenvalue weighted by molar-refractivity contribution is -0.124. The van der Waals surface area contributed by atoms with Gasteiger partial charge in [0.2, 0.25) is 5.91 Å². The van der Waals surface area contributed by atoms with Gasteiger partial charge in [0.15, 0.2) is 0 Å². The molecule has 122 valence electrons. The van der Waals surface area contributed by atoms with Gasteiger partial charge in [-0.25, -0.2) is 0 Å². The first-order valence-corrected chi connectivity index (χ1v) is 8.33. The van der Waals surface area contributed by atoms with E-state index in [1.165, 1.54) is 25.7 Å². The second-order valence-corrected chi connectivity index (χ2v) is 7.04. The fourth-order valence-electron chi connectivity index (χ4n) is 2.51. The van der Waals surface area contributed by atoms with Crippen LogP contribution < -0.4 is 11.1 Å². The quantitative estimate of drug-likeness (QED) is 0.530. The Morgan fingerprint density at radius 2 is 2.05 bits per heavy atom. The number of amides is 1. The summed E-state index contributed by atoms with van der Waals surface area (Å²) >= 11 is 0. The smallest absolute Gasteiger partial charge is 0.237 e. The fourth-order valence-corrected chi connectivity index (χ4v) is 2.51. The third-order valence-corrected chi connectivity index (χ3v) is 4.53. The van der Waals surface area contributed by atoms with Crippen LogP contribution in [0.1, 0.15) is 45.4 Å². The molecule has 21 heavy (non-hydrogen) atoms. The topological polar surface area (TPSA) is 67.6 Å². The zero-order valence-electron chi connectivity index (χ0n) is 13.6. The Bertz CT molecular complexity index is 342. The number of nitrogens with two attached hydrogens (primary N) is 1. The maximum atomic E-state index is 11.7. The Morgan fingerprint density at radius 3 is 2.62 bits per heavy atom. The summed E-state index contributed by atoms with van der Waals surface area (Å²) in [6, 6.07) is 0.496. The summed E-state index contributed by atoms with van der Waals surface area (Å²) in [7, 11) is 2.11. The number of nitrogens with zero attached hydrogens (tertiary/aromatic N) is 1. The Morgan fingerprint density at radius 1 is 1.33 bits per heavy atom. The van der Waals surface area contributed by atoms with E-state index in [0.29, 0.717) is 6.04 Å². The molecular weight excluding hydrogens is 266 g/mol. The number of hydrogen-bond acceptors (Lipinski definition) is 4. The molecular formula is C16H31N3O2. The standard InChI is InChI=1S/C16H31N3O2/c1-16(15(17)20,18-14-6-7-14)8-3-9-19(2)10-11-21-12-13-4-5-13/h13-14,18H,3-12H2,1-2H3,(H2,17,20). The highest BCUT2D eigenvalue weighted by Gasteiger charge is 2.36. The molecule has 1 atom stereocenters. The Hall–Kier alpha value is -0.650. The second kappa shape index (κ2) is 7.56. The van der Waals surface area contributed by atoms with E-state index in [4.69, 9.17) is 10.5 Å². The monoisotopic (exact) mass is 297 g/mol. The summed E-state index contributed by atoms with van der Waals surface area (Å²) < 4.78 is 5.65. The van der Waals surface area contributed by atoms with Crippen LogP contribution in [0.2, 0.25) is 0 Å². The van der Waals surface area contributed by atoms with Crippen molar-refractivity contribution in [1.29, 1.82) is 0 Å². The minimum absolute atomic E-state index is 0.232. The molecule has 3 N–H and O–H groups in total. The first kappa shape index (κ1) is 16.7. The van der Waals surface area contributed by atoms with E-state index in [1.54, 1.807) is 0 Å². The Labute approximate surface area is 128 Å². The van der Waals surface area contributed by atoms with E-state index < -0.39 is 5.54 Å². The summed E-state index contributed by atoms with van der Waals surface area (Å²) in [5.41, 5.74) is 5.01. The van der Waals surface area contributed by atoms with Crippen molar-refractivity contribution >= 4 is 5.91 Å². The van der Waals surface area contributed by atoms with Crippen LogP contribution in [0.5, 0.6) is 0 Å². The molecule has 2 aliphatic carbocycles. The number of nitrogens with one attached hydrogen (secondary N) is 1. The molecule has 2 rings (SSSR count). The van der Waals surface area contributed by atoms with Crippen molar-refractivity contribution in [1.82, 2.24) is 10.2 Å². The van der Waals surface area contributed by atoms with Crippen LogP contribution in [0.25, 0.3) is 0 Å². The zero-order chi connectivity index (χ0) is 15.3. The van der Waals surface area contributed by atoms with Crippen LogP contribution in [-0.4, -0.2) is 55.7 Å². The third kappa shape index (κ3) is 6.32. The lowest BCUT2D eigenvalue weighted by Gasteiger charge is -2.28. The van der Waals surface area contributed by atoms with E-state index in [1.807, 2.05) is 6.92 Å². The fraction of sp³-hybridized carbons (Fsp3) is 0.938. The van der Waals surface area contributed by atoms with Gasteiger partial charge in [-0.1, -0.05) is 0 Å². The number of likely N-dealkylation sites (N-methyl/N-ethyl adjacent to an activating group) is 1. The lowest BCUT2D eigenvalue weighted by atomic mass is 9.94. The first-order chi connectivity index (χ1) is 9.99. The van der Waals surface area contributed by atoms with Gasteiger partial charge >= 0.3 is 0 Å². The van der Waals surface area contributed by atoms with Crippen LogP contribution in [-0.2, 0) is 9.53 Å². The molecule has 5 nitrogen and oxygen atoms in total. The van der Waals surface area contributed by atoms with Crippen molar-refractivity contribution in [2.75, 3.05) is 33.4 Å². The predicted molar refractivity (Wildman–Crippen MR) is 84.0 cm³/mol. The number of carbonyl (C=O) groups is 1. The zero-order valence-corrected chi connectivity index (χ0v) is 13.6. The molecule has 2 fully saturated rings. The number of hydrogen-bond donors (Lipinski definition) is 2. The van der Waals surface area contributed by atoms with Crippen LogP contribution in [0.3, 0.4) is 0 Å². The molecule has 1 unspecified atom stereocenters. The maximum Gasteiger partial charge on any atom is 0.237 e. The molecule has 0 heterocycles. The average Bonchev–Trinajstić information content (AvgIpc) is 3.29. The predicted octanol–water partition coefficient (Wildman–Crippen LogP) is 1.12. The van der Waals surface area contributed by atoms with Gasteiger partial charge in [0, 0.05) is 19.2 Å². The van der Waals surface area contributed by atoms with Gasteiger partial charge in [-0.2, -0.15) is 0 Å². The lowest BCUT2D eigenvalue weighted by Crippen LogP contribution is -2.54. The van der Waals surface area contributed by atoms with Gasteiger partial charge in [0.05, 0.1) is 12.1 Å². The van der Waals surface area contributed by atoms with Gasteiger partial charge in [-0.05, 0) is 65.0 Å². The van der Waals surface area contributed by atoms with Crippen molar-refractivity contribution in [2.45, 2.75) is 57.0 Å². The van der Waals surface area contributed by atoms with Gasteiger partial charge < -0.3 is 20.7 Å². The van der Waals surface area contributed by atoms with E-state index in [2.05, 4.69) is 17.3 Å². The second-order valence-electron chi connectivity index (χ2n) is 7.04. The Kier molecular flexibility index (Phi) is 6.02. The molecule has 0 aromatic rings. The molecule has 2 saturated carbocycles. The summed E-state index contributed by atoms with van der Waals surface area (Å²) in [6.07, 6.45) is 6.79. The molecule has 1 amide bonds. The first-order valence-electron chi connectivity index (χ1n) is 8.33. The minimum atomic E-state index is -0.551. The van der Waals surface area contributed by atoms with Crippen molar-refractivity contribution < 1.29 is 9.53 Å². The highest BCUT2D eigenvalue weighted by molar-refractivity contribution is 5.84. The summed E-state index contributed by atoms with van der Waals surface area (Å²) in [4.78, 5) is 13.9. The van der Waals surface area contributed by atoms with E-state index in [-0.39, 0.29) is 5.91 Å². The van der Waals surface area contributed by atoms with Crippen LogP contribution in [0.4, 0.5) is 0 Å². The third-order valence-electron chi connectivity index (χ3n) is 4.53. The molecule has 0 aromatic carbocycles. The molecule has 0 aliphatic heterocycles. The number of ether oxygens (including phenoxy) is 1. The molecule has 0 bridgehead atoms. The highest BCUT2D eigenvalue weighted by Crippen LogP contribution is 2.28. The van der Waals surface area contributed by atoms with Gasteiger partial charge in [-0.3, -0.25) is 4.79 Å². The molecule has 0 saturated heterocycles. The van der Waals surface area contributed by atoms with E-state index >= 15 is 0 Å². The van der Waals surface area contributed by atoms with Crippen LogP contribution in [0, 0.1) is 5.92 Å². The van der Waals surface area contributed by atoms with Crippen molar-refractivity contribution in [2.24, 2.45) is 11.7 Å². The van der Waals surface area contributed by atoms with Crippen molar-refractivity contribution in [3.05, 3.63) is 0 Å². The maximum absolute atomic E-state index is 11.7. The molecule has 2 aliphatic rings. The number of rotatable bonds is 12. The van der Waals surface area contributed by atoms with Gasteiger partial charge in [0.25, 0.3) is 0 Å². The van der Waals surface area contributed by atoms with E-state index in [0.717, 1.165) is 45.1 Å². The highest BCUT2D eigenvalue weighted by atomic mass is 16.5.